The summed E-state index contributed by atoms with van der Waals surface area (Å²) in [5, 5.41) is 8.62. The highest BCUT2D eigenvalue weighted by Gasteiger charge is 2.15. The molecule has 0 aromatic carbocycles. The predicted molar refractivity (Wildman–Crippen MR) is 34.6 cm³/mol. The van der Waals surface area contributed by atoms with Gasteiger partial charge in [0.1, 0.15) is 0 Å². The molecule has 0 amide bonds. The number of ether oxygens (including phenoxy) is 1. The molecule has 1 unspecified atom stereocenters. The van der Waals surface area contributed by atoms with Crippen LogP contribution in [0.2, 0.25) is 0 Å². The average Bonchev–Trinajstić information content (AvgIpc) is 2.34. The van der Waals surface area contributed by atoms with Crippen LogP contribution in [0.25, 0.3) is 0 Å². The lowest BCUT2D eigenvalue weighted by Crippen LogP contribution is -2.04. The molecule has 0 saturated heterocycles. The number of nitrogens with zero attached hydrogens (tertiary/aromatic N) is 1. The summed E-state index contributed by atoms with van der Waals surface area (Å²) >= 11 is 0. The van der Waals surface area contributed by atoms with Gasteiger partial charge in [-0.25, -0.2) is 4.99 Å². The van der Waals surface area contributed by atoms with Crippen LogP contribution in [0.4, 0.5) is 0 Å². The molecule has 1 rings (SSSR count). The van der Waals surface area contributed by atoms with Crippen LogP contribution >= 0.6 is 0 Å². The number of hydrogen-bond donors (Lipinski definition) is 1. The van der Waals surface area contributed by atoms with E-state index in [-0.39, 0.29) is 12.6 Å². The molecule has 0 aromatic heterocycles. The zero-order chi connectivity index (χ0) is 6.69. The van der Waals surface area contributed by atoms with Crippen molar-refractivity contribution in [2.75, 3.05) is 13.7 Å². The van der Waals surface area contributed by atoms with Crippen molar-refractivity contribution < 1.29 is 9.84 Å². The normalized spacial score (nSPS) is 26.0. The number of aliphatic hydroxyl groups is 1. The molecule has 1 N–H and O–H groups in total. The summed E-state index contributed by atoms with van der Waals surface area (Å²) in [5.74, 6) is 0.772. The molecule has 0 spiro atoms. The number of aliphatic imine (C=N–C) groups is 1. The Bertz CT molecular complexity index is 122. The lowest BCUT2D eigenvalue weighted by molar-refractivity contribution is 0.266. The predicted octanol–water partition coefficient (Wildman–Crippen LogP) is 0.186. The third kappa shape index (κ3) is 1.42. The molecule has 0 bridgehead atoms. The number of aliphatic hydroxyl groups excluding tert-OH is 1. The fraction of sp³-hybridized carbons (Fsp3) is 0.833. The first-order chi connectivity index (χ1) is 4.36. The number of rotatable bonds is 1. The molecule has 1 aliphatic heterocycles. The van der Waals surface area contributed by atoms with Crippen molar-refractivity contribution in [3.05, 3.63) is 0 Å². The van der Waals surface area contributed by atoms with Gasteiger partial charge in [0.25, 0.3) is 0 Å². The maximum Gasteiger partial charge on any atom is 0.183 e. The topological polar surface area (TPSA) is 41.8 Å². The number of hydrogen-bond acceptors (Lipinski definition) is 3. The fourth-order valence-corrected chi connectivity index (χ4v) is 0.910. The Balaban J connectivity index is 2.40. The Kier molecular flexibility index (Phi) is 2.05. The van der Waals surface area contributed by atoms with Crippen LogP contribution in [0.5, 0.6) is 0 Å². The molecule has 0 fully saturated rings. The highest BCUT2D eigenvalue weighted by atomic mass is 16.5. The van der Waals surface area contributed by atoms with Gasteiger partial charge in [0, 0.05) is 6.42 Å². The van der Waals surface area contributed by atoms with Gasteiger partial charge in [0.05, 0.1) is 19.8 Å². The molecule has 1 heterocycles. The smallest absolute Gasteiger partial charge is 0.183 e. The van der Waals surface area contributed by atoms with E-state index in [1.165, 1.54) is 0 Å². The quantitative estimate of drug-likeness (QED) is 0.549. The van der Waals surface area contributed by atoms with Crippen molar-refractivity contribution in [1.29, 1.82) is 0 Å². The van der Waals surface area contributed by atoms with Crippen LogP contribution in [-0.2, 0) is 4.74 Å². The van der Waals surface area contributed by atoms with Gasteiger partial charge in [-0.15, -0.1) is 0 Å². The van der Waals surface area contributed by atoms with Gasteiger partial charge in [-0.05, 0) is 6.42 Å². The second-order valence-electron chi connectivity index (χ2n) is 2.10. The van der Waals surface area contributed by atoms with Crippen molar-refractivity contribution in [3.63, 3.8) is 0 Å². The molecular formula is C6H11NO2. The van der Waals surface area contributed by atoms with E-state index in [4.69, 9.17) is 9.84 Å². The first kappa shape index (κ1) is 6.55. The van der Waals surface area contributed by atoms with Gasteiger partial charge < -0.3 is 9.84 Å². The van der Waals surface area contributed by atoms with Gasteiger partial charge >= 0.3 is 0 Å². The lowest BCUT2D eigenvalue weighted by Gasteiger charge is -1.96. The number of methoxy groups -OCH3 is 1. The Morgan fingerprint density at radius 3 is 3.00 bits per heavy atom. The molecule has 3 nitrogen and oxygen atoms in total. The monoisotopic (exact) mass is 129 g/mol. The molecule has 0 saturated carbocycles. The van der Waals surface area contributed by atoms with E-state index in [1.54, 1.807) is 7.11 Å². The minimum Gasteiger partial charge on any atom is -0.484 e. The maximum absolute atomic E-state index is 8.62. The fourth-order valence-electron chi connectivity index (χ4n) is 0.910. The lowest BCUT2D eigenvalue weighted by atomic mass is 10.2. The second-order valence-corrected chi connectivity index (χ2v) is 2.10. The van der Waals surface area contributed by atoms with E-state index in [1.807, 2.05) is 0 Å². The van der Waals surface area contributed by atoms with E-state index in [0.717, 1.165) is 18.7 Å². The minimum absolute atomic E-state index is 0.0972. The van der Waals surface area contributed by atoms with Crippen LogP contribution in [0.1, 0.15) is 12.8 Å². The Morgan fingerprint density at radius 1 is 1.89 bits per heavy atom. The van der Waals surface area contributed by atoms with Gasteiger partial charge in [-0.2, -0.15) is 0 Å². The van der Waals surface area contributed by atoms with E-state index in [2.05, 4.69) is 4.99 Å². The molecule has 9 heavy (non-hydrogen) atoms. The van der Waals surface area contributed by atoms with E-state index in [0.29, 0.717) is 0 Å². The summed E-state index contributed by atoms with van der Waals surface area (Å²) in [6.45, 7) is 0.146. The third-order valence-electron chi connectivity index (χ3n) is 1.46. The molecule has 0 aliphatic carbocycles. The summed E-state index contributed by atoms with van der Waals surface area (Å²) in [7, 11) is 1.61. The molecule has 0 aromatic rings. The van der Waals surface area contributed by atoms with Crippen molar-refractivity contribution in [3.8, 4) is 0 Å². The molecule has 0 radical (unpaired) electrons. The van der Waals surface area contributed by atoms with Crippen LogP contribution in [-0.4, -0.2) is 30.8 Å². The van der Waals surface area contributed by atoms with Gasteiger partial charge in [-0.3, -0.25) is 0 Å². The summed E-state index contributed by atoms with van der Waals surface area (Å²) in [4.78, 5) is 4.07. The van der Waals surface area contributed by atoms with Crippen LogP contribution < -0.4 is 0 Å². The van der Waals surface area contributed by atoms with Gasteiger partial charge in [0.15, 0.2) is 5.90 Å². The van der Waals surface area contributed by atoms with E-state index < -0.39 is 0 Å². The zero-order valence-corrected chi connectivity index (χ0v) is 5.50. The van der Waals surface area contributed by atoms with Crippen molar-refractivity contribution in [1.82, 2.24) is 0 Å². The van der Waals surface area contributed by atoms with Crippen LogP contribution in [0.15, 0.2) is 4.99 Å². The highest BCUT2D eigenvalue weighted by molar-refractivity contribution is 5.77. The first-order valence-corrected chi connectivity index (χ1v) is 3.08. The highest BCUT2D eigenvalue weighted by Crippen LogP contribution is 2.12. The van der Waals surface area contributed by atoms with Crippen molar-refractivity contribution in [2.45, 2.75) is 18.9 Å². The Hall–Kier alpha value is -0.570. The van der Waals surface area contributed by atoms with E-state index in [9.17, 15) is 0 Å². The van der Waals surface area contributed by atoms with Crippen molar-refractivity contribution >= 4 is 5.90 Å². The molecule has 1 atom stereocenters. The van der Waals surface area contributed by atoms with E-state index >= 15 is 0 Å². The van der Waals surface area contributed by atoms with Gasteiger partial charge in [0.2, 0.25) is 0 Å². The zero-order valence-electron chi connectivity index (χ0n) is 5.50. The maximum atomic E-state index is 8.62. The first-order valence-electron chi connectivity index (χ1n) is 3.08. The third-order valence-corrected chi connectivity index (χ3v) is 1.46. The average molecular weight is 129 g/mol. The molecule has 52 valence electrons. The molecule has 1 aliphatic rings. The van der Waals surface area contributed by atoms with Crippen LogP contribution in [0, 0.1) is 0 Å². The SMILES string of the molecule is COC1=NC(CO)CC1. The van der Waals surface area contributed by atoms with Crippen molar-refractivity contribution in [2.24, 2.45) is 4.99 Å². The Morgan fingerprint density at radius 2 is 2.67 bits per heavy atom. The summed E-state index contributed by atoms with van der Waals surface area (Å²) in [5.41, 5.74) is 0. The Labute approximate surface area is 54.4 Å². The largest absolute Gasteiger partial charge is 0.484 e. The standard InChI is InChI=1S/C6H11NO2/c1-9-6-3-2-5(4-8)7-6/h5,8H,2-4H2,1H3. The van der Waals surface area contributed by atoms with Crippen LogP contribution in [0.3, 0.4) is 0 Å². The second kappa shape index (κ2) is 2.82. The van der Waals surface area contributed by atoms with Gasteiger partial charge in [-0.1, -0.05) is 0 Å². The minimum atomic E-state index is 0.0972. The summed E-state index contributed by atoms with van der Waals surface area (Å²) < 4.78 is 4.88. The summed E-state index contributed by atoms with van der Waals surface area (Å²) in [6, 6.07) is 0.0972. The summed E-state index contributed by atoms with van der Waals surface area (Å²) in [6.07, 6.45) is 1.81. The molecule has 3 heteroatoms. The molecular weight excluding hydrogens is 118 g/mol.